The van der Waals surface area contributed by atoms with Crippen LogP contribution in [0.4, 0.5) is 4.79 Å². The quantitative estimate of drug-likeness (QED) is 0.529. The lowest BCUT2D eigenvalue weighted by Crippen LogP contribution is -2.60. The van der Waals surface area contributed by atoms with Gasteiger partial charge >= 0.3 is 6.03 Å². The number of allylic oxidation sites excluding steroid dienone is 1. The Morgan fingerprint density at radius 2 is 2.10 bits per heavy atom. The van der Waals surface area contributed by atoms with Crippen LogP contribution in [-0.4, -0.2) is 60.9 Å². The van der Waals surface area contributed by atoms with E-state index in [4.69, 9.17) is 4.74 Å². The van der Waals surface area contributed by atoms with Crippen molar-refractivity contribution < 1.29 is 23.9 Å². The summed E-state index contributed by atoms with van der Waals surface area (Å²) in [5.74, 6) is 0.0258. The maximum absolute atomic E-state index is 13.3. The molecule has 2 heterocycles. The minimum Gasteiger partial charge on any atom is -0.501 e. The number of imide groups is 1. The number of nitrogens with zero attached hydrogens (tertiary/aromatic N) is 1. The summed E-state index contributed by atoms with van der Waals surface area (Å²) in [6.07, 6.45) is 5.25. The number of amides is 5. The Kier molecular flexibility index (Phi) is 6.67. The molecule has 0 radical (unpaired) electrons. The SMILES string of the molecule is COC1=CC2C(=O)N(CC3(CC(=O)NCC(C)C)NC(=O)NC3=O)CCC2CCC1. The summed E-state index contributed by atoms with van der Waals surface area (Å²) in [4.78, 5) is 51.9. The number of urea groups is 1. The Hall–Kier alpha value is -2.58. The molecule has 166 valence electrons. The van der Waals surface area contributed by atoms with E-state index in [1.807, 2.05) is 19.9 Å². The topological polar surface area (TPSA) is 117 Å². The minimum atomic E-state index is -1.46. The van der Waals surface area contributed by atoms with Crippen molar-refractivity contribution in [3.05, 3.63) is 11.8 Å². The van der Waals surface area contributed by atoms with Crippen LogP contribution in [0.15, 0.2) is 11.8 Å². The van der Waals surface area contributed by atoms with Crippen molar-refractivity contribution >= 4 is 23.8 Å². The van der Waals surface area contributed by atoms with Crippen LogP contribution in [0.1, 0.15) is 46.0 Å². The van der Waals surface area contributed by atoms with Gasteiger partial charge in [-0.2, -0.15) is 0 Å². The number of carbonyl (C=O) groups is 4. The predicted octanol–water partition coefficient (Wildman–Crippen LogP) is 0.906. The van der Waals surface area contributed by atoms with E-state index in [-0.39, 0.29) is 42.5 Å². The molecular weight excluding hydrogens is 388 g/mol. The van der Waals surface area contributed by atoms with E-state index in [2.05, 4.69) is 16.0 Å². The first-order chi connectivity index (χ1) is 14.2. The Labute approximate surface area is 177 Å². The molecule has 5 amide bonds. The Morgan fingerprint density at radius 3 is 2.73 bits per heavy atom. The number of likely N-dealkylation sites (tertiary alicyclic amines) is 1. The number of rotatable bonds is 7. The largest absolute Gasteiger partial charge is 0.501 e. The highest BCUT2D eigenvalue weighted by molar-refractivity contribution is 6.09. The average molecular weight is 421 g/mol. The third kappa shape index (κ3) is 4.76. The highest BCUT2D eigenvalue weighted by Crippen LogP contribution is 2.35. The molecule has 2 fully saturated rings. The molecule has 3 rings (SSSR count). The van der Waals surface area contributed by atoms with Crippen molar-refractivity contribution in [2.24, 2.45) is 17.8 Å². The number of carbonyl (C=O) groups excluding carboxylic acids is 4. The van der Waals surface area contributed by atoms with Crippen molar-refractivity contribution in [1.29, 1.82) is 0 Å². The molecule has 9 heteroatoms. The van der Waals surface area contributed by atoms with Crippen LogP contribution < -0.4 is 16.0 Å². The molecule has 3 N–H and O–H groups in total. The second-order valence-electron chi connectivity index (χ2n) is 8.93. The van der Waals surface area contributed by atoms with Crippen molar-refractivity contribution in [3.8, 4) is 0 Å². The zero-order valence-electron chi connectivity index (χ0n) is 18.0. The smallest absolute Gasteiger partial charge is 0.322 e. The molecule has 0 spiro atoms. The second kappa shape index (κ2) is 9.06. The van der Waals surface area contributed by atoms with Gasteiger partial charge in [0.15, 0.2) is 0 Å². The van der Waals surface area contributed by atoms with Crippen molar-refractivity contribution in [3.63, 3.8) is 0 Å². The lowest BCUT2D eigenvalue weighted by molar-refractivity contribution is -0.142. The Bertz CT molecular complexity index is 750. The molecular formula is C21H32N4O5. The predicted molar refractivity (Wildman–Crippen MR) is 109 cm³/mol. The molecule has 0 aromatic carbocycles. The van der Waals surface area contributed by atoms with Gasteiger partial charge in [0.1, 0.15) is 5.54 Å². The van der Waals surface area contributed by atoms with Crippen molar-refractivity contribution in [2.75, 3.05) is 26.7 Å². The molecule has 2 aliphatic heterocycles. The van der Waals surface area contributed by atoms with Crippen LogP contribution in [0.25, 0.3) is 0 Å². The highest BCUT2D eigenvalue weighted by atomic mass is 16.5. The number of methoxy groups -OCH3 is 1. The Balaban J connectivity index is 1.77. The number of hydrogen-bond acceptors (Lipinski definition) is 5. The van der Waals surface area contributed by atoms with E-state index in [1.54, 1.807) is 12.0 Å². The van der Waals surface area contributed by atoms with Crippen LogP contribution in [0.3, 0.4) is 0 Å². The normalized spacial score (nSPS) is 29.0. The van der Waals surface area contributed by atoms with Crippen LogP contribution in [-0.2, 0) is 19.1 Å². The molecule has 3 atom stereocenters. The summed E-state index contributed by atoms with van der Waals surface area (Å²) in [5, 5.41) is 7.62. The fraction of sp³-hybridized carbons (Fsp3) is 0.714. The van der Waals surface area contributed by atoms with Crippen LogP contribution in [0, 0.1) is 17.8 Å². The van der Waals surface area contributed by atoms with Gasteiger partial charge in [-0.1, -0.05) is 13.8 Å². The van der Waals surface area contributed by atoms with Gasteiger partial charge in [-0.25, -0.2) is 4.79 Å². The molecule has 1 aliphatic carbocycles. The highest BCUT2D eigenvalue weighted by Gasteiger charge is 2.50. The van der Waals surface area contributed by atoms with Gasteiger partial charge in [-0.3, -0.25) is 19.7 Å². The van der Waals surface area contributed by atoms with Gasteiger partial charge in [0.25, 0.3) is 5.91 Å². The third-order valence-electron chi connectivity index (χ3n) is 6.15. The first kappa shape index (κ1) is 22.1. The zero-order chi connectivity index (χ0) is 21.9. The van der Waals surface area contributed by atoms with Gasteiger partial charge in [0, 0.05) is 19.5 Å². The standard InChI is InChI=1S/C21H32N4O5/c1-13(2)11-22-17(26)10-21(19(28)23-20(29)24-21)12-25-8-7-14-5-4-6-15(30-3)9-16(14)18(25)27/h9,13-14,16H,4-8,10-12H2,1-3H3,(H,22,26)(H2,23,24,28,29). The van der Waals surface area contributed by atoms with Crippen LogP contribution in [0.2, 0.25) is 0 Å². The van der Waals surface area contributed by atoms with Gasteiger partial charge in [-0.15, -0.1) is 0 Å². The molecule has 0 aromatic heterocycles. The minimum absolute atomic E-state index is 0.0299. The monoisotopic (exact) mass is 420 g/mol. The first-order valence-electron chi connectivity index (χ1n) is 10.7. The fourth-order valence-corrected chi connectivity index (χ4v) is 4.50. The molecule has 0 bridgehead atoms. The summed E-state index contributed by atoms with van der Waals surface area (Å²) in [6, 6.07) is -0.643. The Morgan fingerprint density at radius 1 is 1.33 bits per heavy atom. The van der Waals surface area contributed by atoms with Gasteiger partial charge in [0.2, 0.25) is 11.8 Å². The third-order valence-corrected chi connectivity index (χ3v) is 6.15. The van der Waals surface area contributed by atoms with E-state index < -0.39 is 17.5 Å². The zero-order valence-corrected chi connectivity index (χ0v) is 18.0. The number of hydrogen-bond donors (Lipinski definition) is 3. The lowest BCUT2D eigenvalue weighted by Gasteiger charge is -2.40. The van der Waals surface area contributed by atoms with E-state index in [0.29, 0.717) is 13.1 Å². The molecule has 3 unspecified atom stereocenters. The maximum Gasteiger partial charge on any atom is 0.322 e. The molecule has 3 aliphatic rings. The average Bonchev–Trinajstić information content (AvgIpc) is 2.84. The molecule has 30 heavy (non-hydrogen) atoms. The van der Waals surface area contributed by atoms with E-state index in [1.165, 1.54) is 0 Å². The van der Waals surface area contributed by atoms with E-state index in [0.717, 1.165) is 31.4 Å². The van der Waals surface area contributed by atoms with Crippen LogP contribution in [0.5, 0.6) is 0 Å². The maximum atomic E-state index is 13.3. The molecule has 0 saturated carbocycles. The fourth-order valence-electron chi connectivity index (χ4n) is 4.50. The van der Waals surface area contributed by atoms with Gasteiger partial charge in [-0.05, 0) is 37.2 Å². The van der Waals surface area contributed by atoms with Gasteiger partial charge in [0.05, 0.1) is 31.8 Å². The van der Waals surface area contributed by atoms with E-state index >= 15 is 0 Å². The van der Waals surface area contributed by atoms with Gasteiger partial charge < -0.3 is 20.3 Å². The summed E-state index contributed by atoms with van der Waals surface area (Å²) >= 11 is 0. The summed E-state index contributed by atoms with van der Waals surface area (Å²) in [7, 11) is 1.61. The summed E-state index contributed by atoms with van der Waals surface area (Å²) < 4.78 is 5.40. The summed E-state index contributed by atoms with van der Waals surface area (Å²) in [5.41, 5.74) is -1.46. The molecule has 2 saturated heterocycles. The number of piperidine rings is 1. The number of ether oxygens (including phenoxy) is 1. The molecule has 0 aromatic rings. The van der Waals surface area contributed by atoms with E-state index in [9.17, 15) is 19.2 Å². The number of nitrogens with one attached hydrogen (secondary N) is 3. The first-order valence-corrected chi connectivity index (χ1v) is 10.7. The van der Waals surface area contributed by atoms with Crippen molar-refractivity contribution in [1.82, 2.24) is 20.9 Å². The second-order valence-corrected chi connectivity index (χ2v) is 8.93. The molecule has 9 nitrogen and oxygen atoms in total. The van der Waals surface area contributed by atoms with Crippen molar-refractivity contribution in [2.45, 2.75) is 51.5 Å². The lowest BCUT2D eigenvalue weighted by atomic mass is 9.81. The van der Waals surface area contributed by atoms with Crippen LogP contribution >= 0.6 is 0 Å². The summed E-state index contributed by atoms with van der Waals surface area (Å²) in [6.45, 7) is 4.88. The number of fused-ring (bicyclic) bond motifs is 1.